The number of fused-ring (bicyclic) bond motifs is 2. The molecule has 3 heterocycles. The van der Waals surface area contributed by atoms with Crippen LogP contribution in [0.5, 0.6) is 11.5 Å². The molecule has 4 rings (SSSR count). The van der Waals surface area contributed by atoms with E-state index in [4.69, 9.17) is 14.2 Å². The van der Waals surface area contributed by atoms with Crippen molar-refractivity contribution < 1.29 is 28.6 Å². The van der Waals surface area contributed by atoms with Crippen molar-refractivity contribution in [2.75, 3.05) is 17.9 Å². The predicted octanol–water partition coefficient (Wildman–Crippen LogP) is 1.74. The summed E-state index contributed by atoms with van der Waals surface area (Å²) in [6, 6.07) is 4.39. The van der Waals surface area contributed by atoms with Crippen LogP contribution in [0.3, 0.4) is 0 Å². The Labute approximate surface area is 160 Å². The molecule has 2 fully saturated rings. The van der Waals surface area contributed by atoms with Crippen LogP contribution in [0.2, 0.25) is 0 Å². The van der Waals surface area contributed by atoms with Crippen LogP contribution in [0.25, 0.3) is 0 Å². The zero-order valence-corrected chi connectivity index (χ0v) is 15.8. The third-order valence-corrected chi connectivity index (χ3v) is 6.52. The van der Waals surface area contributed by atoms with E-state index in [0.29, 0.717) is 29.4 Å². The van der Waals surface area contributed by atoms with E-state index in [-0.39, 0.29) is 17.6 Å². The summed E-state index contributed by atoms with van der Waals surface area (Å²) < 4.78 is 15.9. The number of esters is 1. The Morgan fingerprint density at radius 2 is 2.15 bits per heavy atom. The van der Waals surface area contributed by atoms with Crippen molar-refractivity contribution in [3.8, 4) is 11.5 Å². The van der Waals surface area contributed by atoms with Crippen LogP contribution in [-0.2, 0) is 19.1 Å². The van der Waals surface area contributed by atoms with Gasteiger partial charge in [0.1, 0.15) is 6.04 Å². The number of nitrogens with one attached hydrogen (secondary N) is 1. The highest BCUT2D eigenvalue weighted by Gasteiger charge is 2.53. The number of ether oxygens (including phenoxy) is 3. The molecule has 1 aromatic rings. The van der Waals surface area contributed by atoms with Crippen LogP contribution in [-0.4, -0.2) is 52.2 Å². The molecule has 0 spiro atoms. The van der Waals surface area contributed by atoms with Crippen molar-refractivity contribution in [2.24, 2.45) is 0 Å². The molecule has 1 aromatic carbocycles. The van der Waals surface area contributed by atoms with Gasteiger partial charge in [-0.1, -0.05) is 0 Å². The van der Waals surface area contributed by atoms with Crippen molar-refractivity contribution in [1.29, 1.82) is 0 Å². The summed E-state index contributed by atoms with van der Waals surface area (Å²) in [5.74, 6) is 0.606. The second kappa shape index (κ2) is 6.63. The average Bonchev–Trinajstić information content (AvgIpc) is 3.30. The highest BCUT2D eigenvalue weighted by molar-refractivity contribution is 8.01. The van der Waals surface area contributed by atoms with E-state index in [0.717, 1.165) is 6.42 Å². The van der Waals surface area contributed by atoms with Crippen LogP contribution >= 0.6 is 11.8 Å². The average molecular weight is 392 g/mol. The Morgan fingerprint density at radius 3 is 2.96 bits per heavy atom. The second-order valence-electron chi connectivity index (χ2n) is 6.90. The van der Waals surface area contributed by atoms with Crippen molar-refractivity contribution >= 4 is 35.2 Å². The molecular formula is C18H20N2O6S. The standard InChI is InChI=1S/C18H20N2O6S/c1-10(16(22)19-11-3-4-13-14(7-11)25-9-24-13)26-17(23)12-8-27-18(2)6-5-15(21)20(12)18/h3-4,7,10,12H,5-6,8-9H2,1-2H3,(H,19,22)/t10-,12+,18-/m0/s1. The maximum atomic E-state index is 12.6. The molecule has 9 heteroatoms. The Balaban J connectivity index is 1.37. The van der Waals surface area contributed by atoms with Gasteiger partial charge in [-0.15, -0.1) is 11.8 Å². The van der Waals surface area contributed by atoms with Crippen molar-refractivity contribution in [2.45, 2.75) is 43.7 Å². The Hall–Kier alpha value is -2.42. The van der Waals surface area contributed by atoms with E-state index in [1.54, 1.807) is 34.9 Å². The fourth-order valence-corrected chi connectivity index (χ4v) is 4.94. The molecule has 3 aliphatic heterocycles. The quantitative estimate of drug-likeness (QED) is 0.780. The minimum Gasteiger partial charge on any atom is -0.454 e. The summed E-state index contributed by atoms with van der Waals surface area (Å²) in [5.41, 5.74) is 0.519. The number of benzene rings is 1. The van der Waals surface area contributed by atoms with E-state index in [1.807, 2.05) is 6.92 Å². The maximum Gasteiger partial charge on any atom is 0.330 e. The molecule has 0 bridgehead atoms. The summed E-state index contributed by atoms with van der Waals surface area (Å²) in [4.78, 5) is 38.3. The van der Waals surface area contributed by atoms with Gasteiger partial charge in [-0.05, 0) is 32.4 Å². The molecule has 0 unspecified atom stereocenters. The minimum atomic E-state index is -0.988. The SMILES string of the molecule is C[C@H](OC(=O)[C@H]1CS[C@@]2(C)CCC(=O)N12)C(=O)Nc1ccc2c(c1)OCO2. The van der Waals surface area contributed by atoms with Gasteiger partial charge in [0, 0.05) is 23.9 Å². The van der Waals surface area contributed by atoms with Gasteiger partial charge in [0.25, 0.3) is 5.91 Å². The molecule has 27 heavy (non-hydrogen) atoms. The molecule has 2 amide bonds. The zero-order chi connectivity index (χ0) is 19.2. The number of thioether (sulfide) groups is 1. The van der Waals surface area contributed by atoms with E-state index in [9.17, 15) is 14.4 Å². The number of nitrogens with zero attached hydrogens (tertiary/aromatic N) is 1. The smallest absolute Gasteiger partial charge is 0.330 e. The Bertz CT molecular complexity index is 815. The third-order valence-electron chi connectivity index (χ3n) is 5.02. The molecule has 0 aliphatic carbocycles. The maximum absolute atomic E-state index is 12.6. The van der Waals surface area contributed by atoms with Gasteiger partial charge in [-0.2, -0.15) is 0 Å². The van der Waals surface area contributed by atoms with Crippen molar-refractivity contribution in [3.05, 3.63) is 18.2 Å². The Kier molecular flexibility index (Phi) is 4.41. The summed E-state index contributed by atoms with van der Waals surface area (Å²) >= 11 is 1.58. The molecule has 3 atom stereocenters. The Morgan fingerprint density at radius 1 is 1.37 bits per heavy atom. The molecular weight excluding hydrogens is 372 g/mol. The lowest BCUT2D eigenvalue weighted by molar-refractivity contribution is -0.160. The molecule has 0 saturated carbocycles. The first kappa shape index (κ1) is 18.0. The fraction of sp³-hybridized carbons (Fsp3) is 0.500. The van der Waals surface area contributed by atoms with Gasteiger partial charge in [0.2, 0.25) is 12.7 Å². The van der Waals surface area contributed by atoms with Crippen LogP contribution in [0, 0.1) is 0 Å². The number of amides is 2. The number of hydrogen-bond acceptors (Lipinski definition) is 7. The molecule has 8 nitrogen and oxygen atoms in total. The monoisotopic (exact) mass is 392 g/mol. The molecule has 0 radical (unpaired) electrons. The number of rotatable bonds is 4. The normalized spacial score (nSPS) is 26.7. The van der Waals surface area contributed by atoms with Crippen LogP contribution in [0.1, 0.15) is 26.7 Å². The van der Waals surface area contributed by atoms with E-state index >= 15 is 0 Å². The predicted molar refractivity (Wildman–Crippen MR) is 97.5 cm³/mol. The van der Waals surface area contributed by atoms with E-state index in [2.05, 4.69) is 5.32 Å². The lowest BCUT2D eigenvalue weighted by atomic mass is 10.2. The molecule has 1 N–H and O–H groups in total. The van der Waals surface area contributed by atoms with Gasteiger partial charge in [-0.3, -0.25) is 9.59 Å². The van der Waals surface area contributed by atoms with Crippen molar-refractivity contribution in [3.63, 3.8) is 0 Å². The summed E-state index contributed by atoms with van der Waals surface area (Å²) in [6.07, 6.45) is 0.172. The highest BCUT2D eigenvalue weighted by Crippen LogP contribution is 2.47. The number of carbonyl (C=O) groups excluding carboxylic acids is 3. The van der Waals surface area contributed by atoms with Gasteiger partial charge in [0.05, 0.1) is 4.87 Å². The largest absolute Gasteiger partial charge is 0.454 e. The van der Waals surface area contributed by atoms with Gasteiger partial charge < -0.3 is 24.4 Å². The number of carbonyl (C=O) groups is 3. The number of anilines is 1. The summed E-state index contributed by atoms with van der Waals surface area (Å²) in [6.45, 7) is 3.62. The van der Waals surface area contributed by atoms with E-state index < -0.39 is 24.0 Å². The fourth-order valence-electron chi connectivity index (χ4n) is 3.52. The molecule has 3 aliphatic rings. The summed E-state index contributed by atoms with van der Waals surface area (Å²) in [5, 5.41) is 2.69. The molecule has 144 valence electrons. The van der Waals surface area contributed by atoms with Gasteiger partial charge in [-0.25, -0.2) is 4.79 Å². The molecule has 0 aromatic heterocycles. The lowest BCUT2D eigenvalue weighted by Gasteiger charge is -2.29. The first-order chi connectivity index (χ1) is 12.9. The minimum absolute atomic E-state index is 0.0399. The van der Waals surface area contributed by atoms with Crippen molar-refractivity contribution in [1.82, 2.24) is 4.90 Å². The van der Waals surface area contributed by atoms with Gasteiger partial charge >= 0.3 is 5.97 Å². The summed E-state index contributed by atoms with van der Waals surface area (Å²) in [7, 11) is 0. The second-order valence-corrected chi connectivity index (χ2v) is 8.40. The third kappa shape index (κ3) is 3.20. The van der Waals surface area contributed by atoms with E-state index in [1.165, 1.54) is 6.92 Å². The topological polar surface area (TPSA) is 94.2 Å². The molecule has 2 saturated heterocycles. The highest BCUT2D eigenvalue weighted by atomic mass is 32.2. The van der Waals surface area contributed by atoms with Crippen LogP contribution < -0.4 is 14.8 Å². The first-order valence-corrected chi connectivity index (χ1v) is 9.73. The zero-order valence-electron chi connectivity index (χ0n) is 15.0. The van der Waals surface area contributed by atoms with Crippen LogP contribution in [0.15, 0.2) is 18.2 Å². The van der Waals surface area contributed by atoms with Gasteiger partial charge in [0.15, 0.2) is 17.6 Å². The lowest BCUT2D eigenvalue weighted by Crippen LogP contribution is -2.48. The van der Waals surface area contributed by atoms with Crippen LogP contribution in [0.4, 0.5) is 5.69 Å². The first-order valence-electron chi connectivity index (χ1n) is 8.74. The number of hydrogen-bond donors (Lipinski definition) is 1.